The van der Waals surface area contributed by atoms with Crippen LogP contribution in [0.15, 0.2) is 54.9 Å². The topological polar surface area (TPSA) is 108 Å². The monoisotopic (exact) mass is 432 g/mol. The number of benzene rings is 2. The van der Waals surface area contributed by atoms with Gasteiger partial charge in [-0.25, -0.2) is 4.98 Å². The number of aliphatic hydroxyl groups is 1. The Balaban J connectivity index is 1.68. The van der Waals surface area contributed by atoms with E-state index in [1.54, 1.807) is 26.2 Å². The summed E-state index contributed by atoms with van der Waals surface area (Å²) in [5.41, 5.74) is 3.37. The number of phenols is 1. The van der Waals surface area contributed by atoms with Crippen LogP contribution < -0.4 is 10.6 Å². The lowest BCUT2D eigenvalue weighted by molar-refractivity contribution is 0.0943. The van der Waals surface area contributed by atoms with Crippen LogP contribution >= 0.6 is 0 Å². The van der Waals surface area contributed by atoms with Gasteiger partial charge in [0.05, 0.1) is 18.5 Å². The molecule has 2 heterocycles. The van der Waals surface area contributed by atoms with E-state index in [1.807, 2.05) is 41.8 Å². The van der Waals surface area contributed by atoms with Gasteiger partial charge in [-0.1, -0.05) is 48.0 Å². The maximum atomic E-state index is 10.2. The molecule has 0 saturated carbocycles. The van der Waals surface area contributed by atoms with E-state index in [2.05, 4.69) is 37.7 Å². The smallest absolute Gasteiger partial charge is 0.226 e. The van der Waals surface area contributed by atoms with Crippen molar-refractivity contribution < 1.29 is 10.2 Å². The number of fused-ring (bicyclic) bond motifs is 1. The fourth-order valence-corrected chi connectivity index (χ4v) is 3.37. The van der Waals surface area contributed by atoms with Crippen molar-refractivity contribution in [2.24, 2.45) is 0 Å². The van der Waals surface area contributed by atoms with Gasteiger partial charge in [-0.05, 0) is 32.4 Å². The second kappa shape index (κ2) is 8.84. The number of aryl methyl sites for hydroxylation is 1. The minimum absolute atomic E-state index is 0.225. The molecule has 0 bridgehead atoms. The molecule has 4 N–H and O–H groups in total. The molecule has 4 rings (SSSR count). The summed E-state index contributed by atoms with van der Waals surface area (Å²) in [6.45, 7) is 6.72. The summed E-state index contributed by atoms with van der Waals surface area (Å²) < 4.78 is 1.97. The summed E-state index contributed by atoms with van der Waals surface area (Å²) in [7, 11) is 0. The van der Waals surface area contributed by atoms with Gasteiger partial charge in [0.2, 0.25) is 5.95 Å². The van der Waals surface area contributed by atoms with E-state index in [1.165, 1.54) is 0 Å². The lowest BCUT2D eigenvalue weighted by Gasteiger charge is -2.18. The second-order valence-electron chi connectivity index (χ2n) is 8.58. The summed E-state index contributed by atoms with van der Waals surface area (Å²) in [5.74, 6) is 1.18. The van der Waals surface area contributed by atoms with Crippen LogP contribution in [-0.2, 0) is 13.1 Å². The van der Waals surface area contributed by atoms with E-state index >= 15 is 0 Å². The highest BCUT2D eigenvalue weighted by molar-refractivity contribution is 5.84. The molecule has 32 heavy (non-hydrogen) atoms. The minimum Gasteiger partial charge on any atom is -0.508 e. The number of hydrogen-bond acceptors (Lipinski definition) is 7. The number of aromatic hydroxyl groups is 1. The Morgan fingerprint density at radius 3 is 2.56 bits per heavy atom. The van der Waals surface area contributed by atoms with Crippen LogP contribution in [0.4, 0.5) is 11.8 Å². The summed E-state index contributed by atoms with van der Waals surface area (Å²) >= 11 is 0. The van der Waals surface area contributed by atoms with Gasteiger partial charge < -0.3 is 25.4 Å². The van der Waals surface area contributed by atoms with E-state index in [-0.39, 0.29) is 5.75 Å². The Kier molecular flexibility index (Phi) is 5.96. The average Bonchev–Trinajstić information content (AvgIpc) is 3.16. The molecule has 0 aliphatic carbocycles. The molecule has 0 atom stereocenters. The number of rotatable bonds is 8. The van der Waals surface area contributed by atoms with Crippen molar-refractivity contribution in [3.63, 3.8) is 0 Å². The van der Waals surface area contributed by atoms with Crippen molar-refractivity contribution in [2.45, 2.75) is 39.5 Å². The predicted octanol–water partition coefficient (Wildman–Crippen LogP) is 3.68. The van der Waals surface area contributed by atoms with Crippen LogP contribution in [0.3, 0.4) is 0 Å². The van der Waals surface area contributed by atoms with Crippen molar-refractivity contribution in [3.8, 4) is 5.75 Å². The largest absolute Gasteiger partial charge is 0.508 e. The van der Waals surface area contributed by atoms with E-state index < -0.39 is 5.60 Å². The van der Waals surface area contributed by atoms with Crippen LogP contribution in [-0.4, -0.2) is 41.9 Å². The van der Waals surface area contributed by atoms with E-state index in [0.717, 1.165) is 16.7 Å². The Bertz CT molecular complexity index is 1210. The summed E-state index contributed by atoms with van der Waals surface area (Å²) in [6, 6.07) is 15.6. The molecule has 0 radical (unpaired) electrons. The first-order valence-corrected chi connectivity index (χ1v) is 10.5. The highest BCUT2D eigenvalue weighted by atomic mass is 16.3. The standard InChI is InChI=1S/C24H28N6O2/c1-16-9-10-19(31)18(11-16)12-25-21-20-22(29-23(28-21)26-14-24(2,3)32)30(15-27-20)13-17-7-5-4-6-8-17/h4-11,15,31-32H,12-14H2,1-3H3,(H2,25,26,28,29). The van der Waals surface area contributed by atoms with Crippen molar-refractivity contribution in [1.82, 2.24) is 19.5 Å². The molecule has 2 aromatic heterocycles. The molecule has 0 fully saturated rings. The van der Waals surface area contributed by atoms with Gasteiger partial charge in [0, 0.05) is 18.7 Å². The van der Waals surface area contributed by atoms with Gasteiger partial charge in [0.15, 0.2) is 17.0 Å². The van der Waals surface area contributed by atoms with Gasteiger partial charge >= 0.3 is 0 Å². The lowest BCUT2D eigenvalue weighted by Crippen LogP contribution is -2.30. The lowest BCUT2D eigenvalue weighted by atomic mass is 10.1. The highest BCUT2D eigenvalue weighted by Gasteiger charge is 2.17. The molecule has 0 aliphatic rings. The fraction of sp³-hybridized carbons (Fsp3) is 0.292. The molecule has 2 aromatic carbocycles. The molecule has 8 nitrogen and oxygen atoms in total. The average molecular weight is 433 g/mol. The Labute approximate surface area is 187 Å². The Hall–Kier alpha value is -3.65. The van der Waals surface area contributed by atoms with Crippen LogP contribution in [0.5, 0.6) is 5.75 Å². The van der Waals surface area contributed by atoms with Gasteiger partial charge in [0.25, 0.3) is 0 Å². The van der Waals surface area contributed by atoms with Crippen LogP contribution in [0, 0.1) is 6.92 Å². The summed E-state index contributed by atoms with van der Waals surface area (Å²) in [6.07, 6.45) is 1.75. The van der Waals surface area contributed by atoms with Crippen molar-refractivity contribution in [3.05, 3.63) is 71.5 Å². The number of anilines is 2. The van der Waals surface area contributed by atoms with Crippen molar-refractivity contribution in [1.29, 1.82) is 0 Å². The molecule has 0 unspecified atom stereocenters. The third-order valence-corrected chi connectivity index (χ3v) is 5.02. The number of hydrogen-bond donors (Lipinski definition) is 4. The van der Waals surface area contributed by atoms with Gasteiger partial charge in [-0.15, -0.1) is 0 Å². The third kappa shape index (κ3) is 5.15. The molecule has 166 valence electrons. The highest BCUT2D eigenvalue weighted by Crippen LogP contribution is 2.24. The van der Waals surface area contributed by atoms with E-state index in [4.69, 9.17) is 0 Å². The van der Waals surface area contributed by atoms with Gasteiger partial charge in [-0.2, -0.15) is 9.97 Å². The van der Waals surface area contributed by atoms with Crippen molar-refractivity contribution >= 4 is 22.9 Å². The number of imidazole rings is 1. The van der Waals surface area contributed by atoms with Gasteiger partial charge in [0.1, 0.15) is 5.75 Å². The molecular weight excluding hydrogens is 404 g/mol. The van der Waals surface area contributed by atoms with E-state index in [9.17, 15) is 10.2 Å². The first-order chi connectivity index (χ1) is 15.3. The molecule has 0 aliphatic heterocycles. The second-order valence-corrected chi connectivity index (χ2v) is 8.58. The number of nitrogens with one attached hydrogen (secondary N) is 2. The summed E-state index contributed by atoms with van der Waals surface area (Å²) in [5, 5.41) is 26.7. The number of phenolic OH excluding ortho intramolecular Hbond substituents is 1. The number of aromatic nitrogens is 4. The zero-order valence-corrected chi connectivity index (χ0v) is 18.5. The first-order valence-electron chi connectivity index (χ1n) is 10.5. The maximum Gasteiger partial charge on any atom is 0.226 e. The van der Waals surface area contributed by atoms with Crippen LogP contribution in [0.2, 0.25) is 0 Å². The zero-order valence-electron chi connectivity index (χ0n) is 18.5. The molecule has 0 amide bonds. The van der Waals surface area contributed by atoms with Crippen LogP contribution in [0.1, 0.15) is 30.5 Å². The maximum absolute atomic E-state index is 10.2. The molecule has 0 spiro atoms. The fourth-order valence-electron chi connectivity index (χ4n) is 3.37. The normalized spacial score (nSPS) is 11.6. The Morgan fingerprint density at radius 1 is 1.03 bits per heavy atom. The van der Waals surface area contributed by atoms with Crippen LogP contribution in [0.25, 0.3) is 11.2 Å². The number of nitrogens with zero attached hydrogens (tertiary/aromatic N) is 4. The van der Waals surface area contributed by atoms with Gasteiger partial charge in [-0.3, -0.25) is 0 Å². The first kappa shape index (κ1) is 21.6. The summed E-state index contributed by atoms with van der Waals surface area (Å²) in [4.78, 5) is 13.8. The molecule has 4 aromatic rings. The quantitative estimate of drug-likeness (QED) is 0.336. The third-order valence-electron chi connectivity index (χ3n) is 5.02. The SMILES string of the molecule is Cc1ccc(O)c(CNc2nc(NCC(C)(C)O)nc3c2ncn3Cc2ccccc2)c1. The van der Waals surface area contributed by atoms with Crippen molar-refractivity contribution in [2.75, 3.05) is 17.2 Å². The molecular formula is C24H28N6O2. The molecule has 8 heteroatoms. The predicted molar refractivity (Wildman–Crippen MR) is 126 cm³/mol. The van der Waals surface area contributed by atoms with E-state index in [0.29, 0.717) is 42.6 Å². The minimum atomic E-state index is -0.913. The zero-order chi connectivity index (χ0) is 22.7. The Morgan fingerprint density at radius 2 is 1.81 bits per heavy atom. The molecule has 0 saturated heterocycles.